The van der Waals surface area contributed by atoms with Gasteiger partial charge in [0.15, 0.2) is 0 Å². The van der Waals surface area contributed by atoms with E-state index in [1.165, 1.54) is 17.7 Å². The quantitative estimate of drug-likeness (QED) is 0.852. The number of methoxy groups -OCH3 is 1. The van der Waals surface area contributed by atoms with Gasteiger partial charge in [0, 0.05) is 38.0 Å². The Morgan fingerprint density at radius 1 is 1.37 bits per heavy atom. The highest BCUT2D eigenvalue weighted by Crippen LogP contribution is 2.25. The molecule has 1 aromatic carbocycles. The monoisotopic (exact) mass is 262 g/mol. The van der Waals surface area contributed by atoms with E-state index in [9.17, 15) is 0 Å². The standard InChI is InChI=1S/C16H26N2O/c1-13(2)17-15-8-10-18(12-15)16-7-5-4-6-14(16)9-11-19-3/h4-7,13,15,17H,8-12H2,1-3H3. The Balaban J connectivity index is 2.02. The predicted molar refractivity (Wildman–Crippen MR) is 80.9 cm³/mol. The van der Waals surface area contributed by atoms with Crippen molar-refractivity contribution in [3.8, 4) is 0 Å². The molecule has 2 rings (SSSR count). The van der Waals surface area contributed by atoms with Gasteiger partial charge in [-0.3, -0.25) is 0 Å². The molecule has 19 heavy (non-hydrogen) atoms. The van der Waals surface area contributed by atoms with Gasteiger partial charge in [0.1, 0.15) is 0 Å². The molecule has 0 radical (unpaired) electrons. The van der Waals surface area contributed by atoms with E-state index in [1.807, 2.05) is 0 Å². The molecule has 0 spiro atoms. The molecule has 1 N–H and O–H groups in total. The second kappa shape index (κ2) is 6.92. The molecule has 0 saturated carbocycles. The third-order valence-corrected chi connectivity index (χ3v) is 3.67. The summed E-state index contributed by atoms with van der Waals surface area (Å²) < 4.78 is 5.21. The Hall–Kier alpha value is -1.06. The van der Waals surface area contributed by atoms with Crippen molar-refractivity contribution >= 4 is 5.69 Å². The normalized spacial score (nSPS) is 19.4. The van der Waals surface area contributed by atoms with Crippen LogP contribution < -0.4 is 10.2 Å². The first-order chi connectivity index (χ1) is 9.20. The second-order valence-electron chi connectivity index (χ2n) is 5.62. The molecular weight excluding hydrogens is 236 g/mol. The number of nitrogens with one attached hydrogen (secondary N) is 1. The van der Waals surface area contributed by atoms with Gasteiger partial charge in [0.05, 0.1) is 6.61 Å². The van der Waals surface area contributed by atoms with Crippen molar-refractivity contribution in [1.82, 2.24) is 5.32 Å². The largest absolute Gasteiger partial charge is 0.384 e. The Labute approximate surface area is 116 Å². The van der Waals surface area contributed by atoms with Crippen molar-refractivity contribution in [1.29, 1.82) is 0 Å². The molecular formula is C16H26N2O. The molecule has 1 saturated heterocycles. The van der Waals surface area contributed by atoms with E-state index < -0.39 is 0 Å². The van der Waals surface area contributed by atoms with Crippen molar-refractivity contribution < 1.29 is 4.74 Å². The zero-order valence-electron chi connectivity index (χ0n) is 12.4. The number of rotatable bonds is 6. The predicted octanol–water partition coefficient (Wildman–Crippen LogP) is 2.45. The van der Waals surface area contributed by atoms with Crippen LogP contribution in [0, 0.1) is 0 Å². The summed E-state index contributed by atoms with van der Waals surface area (Å²) >= 11 is 0. The molecule has 1 atom stereocenters. The van der Waals surface area contributed by atoms with Crippen LogP contribution >= 0.6 is 0 Å². The number of hydrogen-bond acceptors (Lipinski definition) is 3. The van der Waals surface area contributed by atoms with Crippen LogP contribution in [0.1, 0.15) is 25.8 Å². The van der Waals surface area contributed by atoms with Crippen molar-refractivity contribution in [3.05, 3.63) is 29.8 Å². The van der Waals surface area contributed by atoms with Gasteiger partial charge in [-0.1, -0.05) is 32.0 Å². The van der Waals surface area contributed by atoms with Crippen LogP contribution in [0.2, 0.25) is 0 Å². The molecule has 0 amide bonds. The Bertz CT molecular complexity index is 392. The average molecular weight is 262 g/mol. The minimum absolute atomic E-state index is 0.564. The number of nitrogens with zero attached hydrogens (tertiary/aromatic N) is 1. The summed E-state index contributed by atoms with van der Waals surface area (Å²) in [5, 5.41) is 3.64. The summed E-state index contributed by atoms with van der Waals surface area (Å²) in [4.78, 5) is 2.50. The summed E-state index contributed by atoms with van der Waals surface area (Å²) in [5.74, 6) is 0. The zero-order chi connectivity index (χ0) is 13.7. The molecule has 1 fully saturated rings. The van der Waals surface area contributed by atoms with E-state index >= 15 is 0 Å². The smallest absolute Gasteiger partial charge is 0.0503 e. The fourth-order valence-electron chi connectivity index (χ4n) is 2.83. The van der Waals surface area contributed by atoms with Gasteiger partial charge >= 0.3 is 0 Å². The highest BCUT2D eigenvalue weighted by molar-refractivity contribution is 5.54. The minimum atomic E-state index is 0.564. The summed E-state index contributed by atoms with van der Waals surface area (Å²) in [6, 6.07) is 9.90. The third kappa shape index (κ3) is 3.95. The maximum absolute atomic E-state index is 5.21. The first-order valence-electron chi connectivity index (χ1n) is 7.28. The van der Waals surface area contributed by atoms with E-state index in [-0.39, 0.29) is 0 Å². The zero-order valence-corrected chi connectivity index (χ0v) is 12.4. The van der Waals surface area contributed by atoms with Crippen molar-refractivity contribution in [2.45, 2.75) is 38.8 Å². The topological polar surface area (TPSA) is 24.5 Å². The molecule has 106 valence electrons. The fourth-order valence-corrected chi connectivity index (χ4v) is 2.83. The lowest BCUT2D eigenvalue weighted by Gasteiger charge is -2.23. The Kier molecular flexibility index (Phi) is 5.23. The highest BCUT2D eigenvalue weighted by Gasteiger charge is 2.24. The summed E-state index contributed by atoms with van der Waals surface area (Å²) in [6.45, 7) is 7.49. The van der Waals surface area contributed by atoms with Gasteiger partial charge in [-0.15, -0.1) is 0 Å². The summed E-state index contributed by atoms with van der Waals surface area (Å²) in [7, 11) is 1.76. The Morgan fingerprint density at radius 3 is 2.89 bits per heavy atom. The number of hydrogen-bond donors (Lipinski definition) is 1. The second-order valence-corrected chi connectivity index (χ2v) is 5.62. The lowest BCUT2D eigenvalue weighted by Crippen LogP contribution is -2.37. The van der Waals surface area contributed by atoms with Crippen LogP contribution in [0.15, 0.2) is 24.3 Å². The van der Waals surface area contributed by atoms with Crippen LogP contribution in [-0.2, 0) is 11.2 Å². The number of ether oxygens (including phenoxy) is 1. The van der Waals surface area contributed by atoms with E-state index in [2.05, 4.69) is 48.3 Å². The maximum atomic E-state index is 5.21. The molecule has 0 aliphatic carbocycles. The molecule has 3 heteroatoms. The van der Waals surface area contributed by atoms with Crippen molar-refractivity contribution in [2.24, 2.45) is 0 Å². The van der Waals surface area contributed by atoms with Crippen LogP contribution in [0.3, 0.4) is 0 Å². The lowest BCUT2D eigenvalue weighted by molar-refractivity contribution is 0.202. The molecule has 1 heterocycles. The first kappa shape index (κ1) is 14.4. The van der Waals surface area contributed by atoms with Gasteiger partial charge in [-0.2, -0.15) is 0 Å². The SMILES string of the molecule is COCCc1ccccc1N1CCC(NC(C)C)C1. The van der Waals surface area contributed by atoms with Crippen LogP contribution in [-0.4, -0.2) is 38.9 Å². The van der Waals surface area contributed by atoms with Gasteiger partial charge in [-0.25, -0.2) is 0 Å². The van der Waals surface area contributed by atoms with Gasteiger partial charge in [0.2, 0.25) is 0 Å². The Morgan fingerprint density at radius 2 is 2.16 bits per heavy atom. The molecule has 1 aliphatic heterocycles. The number of benzene rings is 1. The molecule has 1 unspecified atom stereocenters. The van der Waals surface area contributed by atoms with Crippen molar-refractivity contribution in [3.63, 3.8) is 0 Å². The van der Waals surface area contributed by atoms with E-state index in [4.69, 9.17) is 4.74 Å². The molecule has 1 aromatic rings. The summed E-state index contributed by atoms with van der Waals surface area (Å²) in [5.41, 5.74) is 2.78. The van der Waals surface area contributed by atoms with E-state index in [1.54, 1.807) is 7.11 Å². The van der Waals surface area contributed by atoms with Crippen LogP contribution in [0.4, 0.5) is 5.69 Å². The van der Waals surface area contributed by atoms with Gasteiger partial charge in [0.25, 0.3) is 0 Å². The maximum Gasteiger partial charge on any atom is 0.0503 e. The molecule has 0 bridgehead atoms. The average Bonchev–Trinajstić information content (AvgIpc) is 2.84. The first-order valence-corrected chi connectivity index (χ1v) is 7.28. The van der Waals surface area contributed by atoms with Gasteiger partial charge < -0.3 is 15.0 Å². The highest BCUT2D eigenvalue weighted by atomic mass is 16.5. The van der Waals surface area contributed by atoms with Crippen LogP contribution in [0.25, 0.3) is 0 Å². The van der Waals surface area contributed by atoms with Crippen molar-refractivity contribution in [2.75, 3.05) is 31.7 Å². The molecule has 3 nitrogen and oxygen atoms in total. The van der Waals surface area contributed by atoms with E-state index in [0.29, 0.717) is 12.1 Å². The molecule has 0 aromatic heterocycles. The van der Waals surface area contributed by atoms with Gasteiger partial charge in [-0.05, 0) is 24.5 Å². The fraction of sp³-hybridized carbons (Fsp3) is 0.625. The molecule has 1 aliphatic rings. The number of para-hydroxylation sites is 1. The lowest BCUT2D eigenvalue weighted by atomic mass is 10.1. The van der Waals surface area contributed by atoms with E-state index in [0.717, 1.165) is 26.1 Å². The minimum Gasteiger partial charge on any atom is -0.384 e. The van der Waals surface area contributed by atoms with Crippen LogP contribution in [0.5, 0.6) is 0 Å². The summed E-state index contributed by atoms with van der Waals surface area (Å²) in [6.07, 6.45) is 2.22. The third-order valence-electron chi connectivity index (χ3n) is 3.67. The number of anilines is 1.